The molecule has 1 atom stereocenters. The Kier molecular flexibility index (Phi) is 7.49. The van der Waals surface area contributed by atoms with Crippen molar-refractivity contribution in [3.8, 4) is 11.5 Å². The minimum Gasteiger partial charge on any atom is -0.496 e. The Labute approximate surface area is 211 Å². The van der Waals surface area contributed by atoms with Crippen LogP contribution in [0.1, 0.15) is 31.7 Å². The van der Waals surface area contributed by atoms with Gasteiger partial charge in [-0.1, -0.05) is 72.4 Å². The van der Waals surface area contributed by atoms with E-state index in [1.54, 1.807) is 19.5 Å². The highest BCUT2D eigenvalue weighted by Gasteiger charge is 2.45. The number of methoxy groups -OCH3 is 2. The van der Waals surface area contributed by atoms with Gasteiger partial charge in [0, 0.05) is 34.7 Å². The lowest BCUT2D eigenvalue weighted by atomic mass is 9.98. The van der Waals surface area contributed by atoms with E-state index in [1.807, 2.05) is 0 Å². The first kappa shape index (κ1) is 24.0. The molecular weight excluding hydrogens is 468 g/mol. The van der Waals surface area contributed by atoms with Crippen LogP contribution in [0.4, 0.5) is 0 Å². The van der Waals surface area contributed by atoms with Crippen molar-refractivity contribution in [1.82, 2.24) is 4.44 Å². The lowest BCUT2D eigenvalue weighted by molar-refractivity contribution is 0.417. The average molecular weight is 501 g/mol. The average Bonchev–Trinajstić information content (AvgIpc) is 3.25. The highest BCUT2D eigenvalue weighted by atomic mass is 31.2. The summed E-state index contributed by atoms with van der Waals surface area (Å²) in [5, 5.41) is 5.53. The van der Waals surface area contributed by atoms with Crippen LogP contribution < -0.4 is 25.4 Å². The summed E-state index contributed by atoms with van der Waals surface area (Å²) >= 11 is 0. The van der Waals surface area contributed by atoms with Crippen LogP contribution in [0.2, 0.25) is 0 Å². The summed E-state index contributed by atoms with van der Waals surface area (Å²) in [5.74, 6) is 1.88. The standard InChI is InChI=1S/C30H32NO2P2/c1-4-5-22-31(34-27-18-10-6-14-23(27)24-15-7-11-19-28(24)34)35(29-20-12-8-16-25(29)32-2)30-21-13-9-17-26(30)33-3/h6-18,20-21H,4-5,19,22H2,1-3H3/q+1. The molecule has 1 aliphatic heterocycles. The zero-order valence-corrected chi connectivity index (χ0v) is 22.4. The van der Waals surface area contributed by atoms with Crippen LogP contribution >= 0.6 is 15.8 Å². The summed E-state index contributed by atoms with van der Waals surface area (Å²) in [6.07, 6.45) is 10.1. The Morgan fingerprint density at radius 2 is 1.49 bits per heavy atom. The van der Waals surface area contributed by atoms with Gasteiger partial charge >= 0.3 is 0 Å². The minimum atomic E-state index is -0.907. The van der Waals surface area contributed by atoms with Gasteiger partial charge in [0.2, 0.25) is 7.70 Å². The van der Waals surface area contributed by atoms with E-state index in [9.17, 15) is 0 Å². The highest BCUT2D eigenvalue weighted by Crippen LogP contribution is 2.57. The van der Waals surface area contributed by atoms with E-state index in [0.29, 0.717) is 0 Å². The smallest absolute Gasteiger partial charge is 0.233 e. The predicted octanol–water partition coefficient (Wildman–Crippen LogP) is 6.41. The van der Waals surface area contributed by atoms with Crippen LogP contribution in [0.15, 0.2) is 91.0 Å². The predicted molar refractivity (Wildman–Crippen MR) is 154 cm³/mol. The third-order valence-corrected chi connectivity index (χ3v) is 12.3. The minimum absolute atomic E-state index is 0.667. The molecular formula is C30H32NO2P2+. The molecule has 5 rings (SSSR count). The van der Waals surface area contributed by atoms with Gasteiger partial charge in [0.1, 0.15) is 11.5 Å². The van der Waals surface area contributed by atoms with E-state index in [0.717, 1.165) is 37.3 Å². The number of hydrogen-bond acceptors (Lipinski definition) is 3. The number of para-hydroxylation sites is 2. The van der Waals surface area contributed by atoms with Crippen LogP contribution in [0.25, 0.3) is 5.57 Å². The second-order valence-corrected chi connectivity index (χ2v) is 13.1. The van der Waals surface area contributed by atoms with Crippen LogP contribution in [0, 0.1) is 0 Å². The monoisotopic (exact) mass is 500 g/mol. The molecule has 178 valence electrons. The second-order valence-electron chi connectivity index (χ2n) is 8.59. The van der Waals surface area contributed by atoms with Crippen LogP contribution in [-0.2, 0) is 0 Å². The van der Waals surface area contributed by atoms with Gasteiger partial charge in [-0.15, -0.1) is 0 Å². The molecule has 3 aromatic rings. The Morgan fingerprint density at radius 3 is 2.14 bits per heavy atom. The molecule has 3 aromatic carbocycles. The number of benzene rings is 3. The molecule has 0 fully saturated rings. The third-order valence-electron chi connectivity index (χ3n) is 6.50. The number of nitrogens with zero attached hydrogens (tertiary/aromatic N) is 1. The van der Waals surface area contributed by atoms with Crippen molar-refractivity contribution < 1.29 is 9.47 Å². The largest absolute Gasteiger partial charge is 0.496 e. The summed E-state index contributed by atoms with van der Waals surface area (Å²) < 4.78 is 14.7. The third kappa shape index (κ3) is 4.50. The number of allylic oxidation sites excluding steroid dienone is 4. The first-order valence-electron chi connectivity index (χ1n) is 12.2. The molecule has 5 heteroatoms. The molecule has 35 heavy (non-hydrogen) atoms. The molecule has 1 heterocycles. The van der Waals surface area contributed by atoms with Crippen molar-refractivity contribution in [1.29, 1.82) is 0 Å². The second kappa shape index (κ2) is 10.9. The molecule has 0 amide bonds. The maximum absolute atomic E-state index is 5.94. The molecule has 0 aromatic heterocycles. The van der Waals surface area contributed by atoms with Gasteiger partial charge in [0.15, 0.2) is 10.6 Å². The van der Waals surface area contributed by atoms with Crippen molar-refractivity contribution >= 4 is 42.5 Å². The van der Waals surface area contributed by atoms with Gasteiger partial charge in [0.05, 0.1) is 22.3 Å². The number of hydrogen-bond donors (Lipinski definition) is 0. The lowest BCUT2D eigenvalue weighted by Gasteiger charge is -2.29. The zero-order valence-electron chi connectivity index (χ0n) is 20.6. The molecule has 0 radical (unpaired) electrons. The molecule has 0 spiro atoms. The van der Waals surface area contributed by atoms with E-state index in [2.05, 4.69) is 102 Å². The number of rotatable bonds is 9. The zero-order chi connectivity index (χ0) is 24.2. The number of unbranched alkanes of at least 4 members (excludes halogenated alkanes) is 1. The Bertz CT molecular complexity index is 1260. The Hall–Kier alpha value is -2.70. The molecule has 0 saturated carbocycles. The van der Waals surface area contributed by atoms with Gasteiger partial charge in [-0.3, -0.25) is 0 Å². The molecule has 0 bridgehead atoms. The van der Waals surface area contributed by atoms with Gasteiger partial charge in [-0.25, -0.2) is 0 Å². The van der Waals surface area contributed by atoms with Crippen molar-refractivity contribution in [3.05, 3.63) is 96.6 Å². The van der Waals surface area contributed by atoms with E-state index in [1.165, 1.54) is 27.1 Å². The Morgan fingerprint density at radius 1 is 0.857 bits per heavy atom. The topological polar surface area (TPSA) is 21.7 Å². The fourth-order valence-corrected chi connectivity index (χ4v) is 11.6. The maximum atomic E-state index is 5.94. The first-order valence-corrected chi connectivity index (χ1v) is 14.8. The van der Waals surface area contributed by atoms with Gasteiger partial charge in [-0.2, -0.15) is 0 Å². The van der Waals surface area contributed by atoms with Gasteiger partial charge in [0.25, 0.3) is 0 Å². The van der Waals surface area contributed by atoms with Crippen LogP contribution in [-0.4, -0.2) is 30.5 Å². The lowest BCUT2D eigenvalue weighted by Crippen LogP contribution is -2.29. The molecule has 1 aliphatic carbocycles. The summed E-state index contributed by atoms with van der Waals surface area (Å²) in [4.78, 5) is 0. The van der Waals surface area contributed by atoms with E-state index in [-0.39, 0.29) is 0 Å². The molecule has 3 nitrogen and oxygen atoms in total. The highest BCUT2D eigenvalue weighted by molar-refractivity contribution is 7.82. The summed E-state index contributed by atoms with van der Waals surface area (Å²) in [6, 6.07) is 26.1. The Balaban J connectivity index is 1.78. The van der Waals surface area contributed by atoms with Crippen molar-refractivity contribution in [3.63, 3.8) is 0 Å². The van der Waals surface area contributed by atoms with Crippen LogP contribution in [0.5, 0.6) is 11.5 Å². The van der Waals surface area contributed by atoms with E-state index >= 15 is 0 Å². The summed E-state index contributed by atoms with van der Waals surface area (Å²) in [7, 11) is 1.99. The van der Waals surface area contributed by atoms with Gasteiger partial charge < -0.3 is 9.47 Å². The van der Waals surface area contributed by atoms with Crippen molar-refractivity contribution in [2.75, 3.05) is 20.8 Å². The molecule has 0 N–H and O–H groups in total. The maximum Gasteiger partial charge on any atom is 0.233 e. The van der Waals surface area contributed by atoms with E-state index in [4.69, 9.17) is 9.47 Å². The van der Waals surface area contributed by atoms with Gasteiger partial charge in [-0.05, 0) is 42.8 Å². The summed E-state index contributed by atoms with van der Waals surface area (Å²) in [6.45, 7) is 3.31. The number of ether oxygens (including phenoxy) is 2. The van der Waals surface area contributed by atoms with E-state index < -0.39 is 15.8 Å². The summed E-state index contributed by atoms with van der Waals surface area (Å²) in [5.41, 5.74) is 2.82. The molecule has 2 aliphatic rings. The normalized spacial score (nSPS) is 15.3. The molecule has 0 saturated heterocycles. The van der Waals surface area contributed by atoms with Crippen molar-refractivity contribution in [2.45, 2.75) is 26.2 Å². The van der Waals surface area contributed by atoms with Crippen molar-refractivity contribution in [2.24, 2.45) is 0 Å². The quantitative estimate of drug-likeness (QED) is 0.317. The molecule has 1 unspecified atom stereocenters. The fraction of sp³-hybridized carbons (Fsp3) is 0.233. The SMILES string of the molecule is CCCCN(P(c1ccccc1OC)c1ccccc1OC)[P+]1=C2CC=CC=C2c2ccccc21. The number of fused-ring (bicyclic) bond motifs is 3. The fourth-order valence-electron chi connectivity index (χ4n) is 4.87. The van der Waals surface area contributed by atoms with Crippen LogP contribution in [0.3, 0.4) is 0 Å². The first-order chi connectivity index (χ1) is 17.3.